The van der Waals surface area contributed by atoms with Crippen molar-refractivity contribution in [1.29, 1.82) is 0 Å². The highest BCUT2D eigenvalue weighted by Crippen LogP contribution is 2.17. The number of halogens is 1. The fourth-order valence-electron chi connectivity index (χ4n) is 1.89. The highest BCUT2D eigenvalue weighted by molar-refractivity contribution is 7.99. The number of likely N-dealkylation sites (tertiary alicyclic amines) is 1. The minimum absolute atomic E-state index is 0. The number of carbonyl (C=O) groups excluding carboxylic acids is 1. The van der Waals surface area contributed by atoms with E-state index in [9.17, 15) is 4.79 Å². The molecule has 0 unspecified atom stereocenters. The lowest BCUT2D eigenvalue weighted by molar-refractivity contribution is -0.132. The molecule has 0 bridgehead atoms. The molecule has 2 aliphatic heterocycles. The molecule has 0 aliphatic carbocycles. The van der Waals surface area contributed by atoms with E-state index in [1.807, 2.05) is 4.90 Å². The van der Waals surface area contributed by atoms with Gasteiger partial charge in [-0.1, -0.05) is 0 Å². The summed E-state index contributed by atoms with van der Waals surface area (Å²) in [5.41, 5.74) is 0. The molecule has 0 saturated carbocycles. The van der Waals surface area contributed by atoms with Crippen LogP contribution < -0.4 is 5.32 Å². The van der Waals surface area contributed by atoms with Crippen LogP contribution in [0.2, 0.25) is 0 Å². The minimum atomic E-state index is 0. The van der Waals surface area contributed by atoms with Crippen LogP contribution in [0.3, 0.4) is 0 Å². The van der Waals surface area contributed by atoms with Gasteiger partial charge in [0.2, 0.25) is 5.91 Å². The number of nitrogens with one attached hydrogen (secondary N) is 1. The van der Waals surface area contributed by atoms with Crippen molar-refractivity contribution in [3.63, 3.8) is 0 Å². The van der Waals surface area contributed by atoms with Crippen molar-refractivity contribution in [2.24, 2.45) is 0 Å². The summed E-state index contributed by atoms with van der Waals surface area (Å²) in [4.78, 5) is 13.8. The fraction of sp³-hybridized carbons (Fsp3) is 0.889. The minimum Gasteiger partial charge on any atom is -0.380 e. The van der Waals surface area contributed by atoms with Gasteiger partial charge < -0.3 is 9.64 Å². The molecule has 1 amide bonds. The maximum Gasteiger partial charge on any atom is 0.240 e. The molecular formula is C9H17ClN2O2S. The molecule has 88 valence electrons. The van der Waals surface area contributed by atoms with Crippen molar-refractivity contribution in [2.75, 3.05) is 31.8 Å². The Labute approximate surface area is 101 Å². The van der Waals surface area contributed by atoms with Crippen LogP contribution in [0, 0.1) is 0 Å². The van der Waals surface area contributed by atoms with Crippen LogP contribution in [0.1, 0.15) is 6.42 Å². The number of nitrogens with zero attached hydrogens (tertiary/aromatic N) is 1. The second-order valence-electron chi connectivity index (χ2n) is 3.70. The summed E-state index contributed by atoms with van der Waals surface area (Å²) in [6.45, 7) is 1.61. The molecule has 2 rings (SSSR count). The average molecular weight is 253 g/mol. The molecular weight excluding hydrogens is 236 g/mol. The van der Waals surface area contributed by atoms with Crippen LogP contribution in [0.4, 0.5) is 0 Å². The molecule has 0 radical (unpaired) electrons. The smallest absolute Gasteiger partial charge is 0.240 e. The summed E-state index contributed by atoms with van der Waals surface area (Å²) >= 11 is 1.79. The molecule has 0 spiro atoms. The van der Waals surface area contributed by atoms with E-state index < -0.39 is 0 Å². The Morgan fingerprint density at radius 3 is 2.93 bits per heavy atom. The van der Waals surface area contributed by atoms with Crippen LogP contribution in [0.5, 0.6) is 0 Å². The number of hydrogen-bond donors (Lipinski definition) is 1. The predicted octanol–water partition coefficient (Wildman–Crippen LogP) is 0.318. The Bertz CT molecular complexity index is 224. The average Bonchev–Trinajstić information content (AvgIpc) is 2.88. The lowest BCUT2D eigenvalue weighted by atomic mass is 10.3. The quantitative estimate of drug-likeness (QED) is 0.769. The van der Waals surface area contributed by atoms with Crippen molar-refractivity contribution in [2.45, 2.75) is 18.6 Å². The van der Waals surface area contributed by atoms with Crippen molar-refractivity contribution in [3.8, 4) is 0 Å². The molecule has 2 saturated heterocycles. The van der Waals surface area contributed by atoms with E-state index >= 15 is 0 Å². The van der Waals surface area contributed by atoms with E-state index in [1.54, 1.807) is 18.9 Å². The molecule has 2 atom stereocenters. The zero-order chi connectivity index (χ0) is 9.97. The number of ether oxygens (including phenoxy) is 1. The molecule has 0 aromatic carbocycles. The van der Waals surface area contributed by atoms with Gasteiger partial charge in [-0.25, -0.2) is 0 Å². The Hall–Kier alpha value is 0.0300. The van der Waals surface area contributed by atoms with Gasteiger partial charge in [0.15, 0.2) is 0 Å². The van der Waals surface area contributed by atoms with Crippen molar-refractivity contribution >= 4 is 30.1 Å². The van der Waals surface area contributed by atoms with E-state index in [1.165, 1.54) is 0 Å². The molecule has 2 aliphatic rings. The van der Waals surface area contributed by atoms with Gasteiger partial charge in [-0.2, -0.15) is 0 Å². The van der Waals surface area contributed by atoms with Gasteiger partial charge in [-0.3, -0.25) is 10.1 Å². The largest absolute Gasteiger partial charge is 0.380 e. The van der Waals surface area contributed by atoms with Gasteiger partial charge >= 0.3 is 0 Å². The van der Waals surface area contributed by atoms with Crippen LogP contribution >= 0.6 is 24.2 Å². The summed E-state index contributed by atoms with van der Waals surface area (Å²) in [7, 11) is 1.71. The molecule has 4 nitrogen and oxygen atoms in total. The summed E-state index contributed by atoms with van der Waals surface area (Å²) < 4.78 is 5.23. The summed E-state index contributed by atoms with van der Waals surface area (Å²) in [5.74, 6) is 2.06. The number of thioether (sulfide) groups is 1. The lowest BCUT2D eigenvalue weighted by Crippen LogP contribution is -2.44. The lowest BCUT2D eigenvalue weighted by Gasteiger charge is -2.19. The van der Waals surface area contributed by atoms with Crippen molar-refractivity contribution in [3.05, 3.63) is 0 Å². The van der Waals surface area contributed by atoms with Gasteiger partial charge in [0.25, 0.3) is 0 Å². The summed E-state index contributed by atoms with van der Waals surface area (Å²) in [6, 6.07) is 0.0376. The van der Waals surface area contributed by atoms with E-state index in [-0.39, 0.29) is 30.5 Å². The number of hydrogen-bond acceptors (Lipinski definition) is 4. The first-order valence-electron chi connectivity index (χ1n) is 4.94. The SMILES string of the molecule is CO[C@@H]1CCN(C(=O)[C@H]2CSCN2)C1.Cl. The van der Waals surface area contributed by atoms with E-state index in [0.717, 1.165) is 31.1 Å². The van der Waals surface area contributed by atoms with Gasteiger partial charge in [0, 0.05) is 31.8 Å². The van der Waals surface area contributed by atoms with Crippen molar-refractivity contribution < 1.29 is 9.53 Å². The maximum absolute atomic E-state index is 11.9. The second-order valence-corrected chi connectivity index (χ2v) is 4.73. The zero-order valence-corrected chi connectivity index (χ0v) is 10.4. The monoisotopic (exact) mass is 252 g/mol. The van der Waals surface area contributed by atoms with Crippen LogP contribution in [0.15, 0.2) is 0 Å². The first-order valence-corrected chi connectivity index (χ1v) is 6.09. The number of rotatable bonds is 2. The van der Waals surface area contributed by atoms with E-state index in [0.29, 0.717) is 0 Å². The molecule has 15 heavy (non-hydrogen) atoms. The first-order chi connectivity index (χ1) is 6.81. The Kier molecular flexibility index (Phi) is 5.18. The second kappa shape index (κ2) is 5.94. The topological polar surface area (TPSA) is 41.6 Å². The third-order valence-corrected chi connectivity index (χ3v) is 3.74. The van der Waals surface area contributed by atoms with Gasteiger partial charge in [-0.05, 0) is 6.42 Å². The van der Waals surface area contributed by atoms with Crippen LogP contribution in [-0.4, -0.2) is 54.8 Å². The first kappa shape index (κ1) is 13.1. The zero-order valence-electron chi connectivity index (χ0n) is 8.77. The Balaban J connectivity index is 0.00000112. The van der Waals surface area contributed by atoms with Gasteiger partial charge in [-0.15, -0.1) is 24.2 Å². The highest BCUT2D eigenvalue weighted by atomic mass is 35.5. The Morgan fingerprint density at radius 2 is 2.40 bits per heavy atom. The van der Waals surface area contributed by atoms with Gasteiger partial charge in [0.05, 0.1) is 12.1 Å². The third-order valence-electron chi connectivity index (χ3n) is 2.80. The molecule has 0 aromatic heterocycles. The normalized spacial score (nSPS) is 30.3. The maximum atomic E-state index is 11.9. The number of methoxy groups -OCH3 is 1. The molecule has 2 fully saturated rings. The molecule has 0 aromatic rings. The van der Waals surface area contributed by atoms with Crippen LogP contribution in [-0.2, 0) is 9.53 Å². The standard InChI is InChI=1S/C9H16N2O2S.ClH/c1-13-7-2-3-11(4-7)9(12)8-5-14-6-10-8;/h7-8,10H,2-6H2,1H3;1H/t7-,8-;/m1./s1. The number of amides is 1. The third kappa shape index (κ3) is 3.00. The van der Waals surface area contributed by atoms with E-state index in [4.69, 9.17) is 4.74 Å². The molecule has 2 heterocycles. The predicted molar refractivity (Wildman–Crippen MR) is 63.5 cm³/mol. The Morgan fingerprint density at radius 1 is 1.60 bits per heavy atom. The van der Waals surface area contributed by atoms with Gasteiger partial charge in [0.1, 0.15) is 0 Å². The summed E-state index contributed by atoms with van der Waals surface area (Å²) in [5, 5.41) is 3.20. The fourth-order valence-corrected chi connectivity index (χ4v) is 2.83. The van der Waals surface area contributed by atoms with Crippen LogP contribution in [0.25, 0.3) is 0 Å². The van der Waals surface area contributed by atoms with E-state index in [2.05, 4.69) is 5.32 Å². The highest BCUT2D eigenvalue weighted by Gasteiger charge is 2.32. The number of carbonyl (C=O) groups is 1. The van der Waals surface area contributed by atoms with Crippen molar-refractivity contribution in [1.82, 2.24) is 10.2 Å². The summed E-state index contributed by atoms with van der Waals surface area (Å²) in [6.07, 6.45) is 1.22. The molecule has 1 N–H and O–H groups in total. The molecule has 6 heteroatoms.